The van der Waals surface area contributed by atoms with Crippen molar-refractivity contribution in [3.05, 3.63) is 0 Å². The summed E-state index contributed by atoms with van der Waals surface area (Å²) in [6.45, 7) is 0. The maximum Gasteiger partial charge on any atom is 0.363 e. The van der Waals surface area contributed by atoms with Gasteiger partial charge in [-0.1, -0.05) is 5.16 Å². The minimum Gasteiger partial charge on any atom is -0.464 e. The molecule has 0 radical (unpaired) electrons. The third kappa shape index (κ3) is 2.87. The Morgan fingerprint density at radius 2 is 2.00 bits per heavy atom. The fraction of sp³-hybridized carbons (Fsp3) is 0.500. The number of Topliss-reactive ketones (excluding diaryl/α,β-unsaturated/α-hetero) is 1. The van der Waals surface area contributed by atoms with Gasteiger partial charge in [-0.25, -0.2) is 4.79 Å². The number of esters is 1. The predicted molar refractivity (Wildman–Crippen MR) is 42.2 cm³/mol. The first-order valence-corrected chi connectivity index (χ1v) is 3.49. The number of carbonyl (C=O) groups excluding carboxylic acids is 2. The number of ketones is 1. The summed E-state index contributed by atoms with van der Waals surface area (Å²) >= 11 is 5.19. The van der Waals surface area contributed by atoms with E-state index in [-0.39, 0.29) is 5.88 Å². The average Bonchev–Trinajstić information content (AvgIpc) is 2.11. The van der Waals surface area contributed by atoms with Crippen LogP contribution >= 0.6 is 11.6 Å². The minimum absolute atomic E-state index is 0.336. The fourth-order valence-electron chi connectivity index (χ4n) is 0.453. The first-order valence-electron chi connectivity index (χ1n) is 2.96. The van der Waals surface area contributed by atoms with Gasteiger partial charge in [0, 0.05) is 0 Å². The molecule has 0 aliphatic heterocycles. The number of rotatable bonds is 4. The van der Waals surface area contributed by atoms with E-state index in [1.165, 1.54) is 7.11 Å². The van der Waals surface area contributed by atoms with Gasteiger partial charge in [0.15, 0.2) is 0 Å². The van der Waals surface area contributed by atoms with Gasteiger partial charge < -0.3 is 9.57 Å². The van der Waals surface area contributed by atoms with Crippen LogP contribution in [0.1, 0.15) is 0 Å². The molecule has 0 N–H and O–H groups in total. The molecule has 0 amide bonds. The van der Waals surface area contributed by atoms with E-state index in [4.69, 9.17) is 11.6 Å². The molecule has 68 valence electrons. The lowest BCUT2D eigenvalue weighted by molar-refractivity contribution is -0.133. The van der Waals surface area contributed by atoms with Crippen LogP contribution in [0.4, 0.5) is 0 Å². The molecule has 0 saturated heterocycles. The van der Waals surface area contributed by atoms with Crippen molar-refractivity contribution in [3.63, 3.8) is 0 Å². The van der Waals surface area contributed by atoms with Crippen molar-refractivity contribution in [2.75, 3.05) is 20.1 Å². The number of alkyl halides is 1. The zero-order valence-corrected chi connectivity index (χ0v) is 7.42. The van der Waals surface area contributed by atoms with Gasteiger partial charge in [0.05, 0.1) is 13.0 Å². The number of hydrogen-bond donors (Lipinski definition) is 0. The van der Waals surface area contributed by atoms with E-state index in [2.05, 4.69) is 14.7 Å². The minimum atomic E-state index is -0.859. The number of ether oxygens (including phenoxy) is 1. The maximum absolute atomic E-state index is 10.9. The van der Waals surface area contributed by atoms with Gasteiger partial charge in [0.25, 0.3) is 0 Å². The fourth-order valence-corrected chi connectivity index (χ4v) is 0.580. The van der Waals surface area contributed by atoms with E-state index in [9.17, 15) is 9.59 Å². The summed E-state index contributed by atoms with van der Waals surface area (Å²) in [7, 11) is 2.35. The second-order valence-electron chi connectivity index (χ2n) is 1.67. The van der Waals surface area contributed by atoms with Crippen LogP contribution in [-0.2, 0) is 19.2 Å². The SMILES string of the molecule is CON=C(C(=O)CCl)C(=O)OC. The van der Waals surface area contributed by atoms with Gasteiger partial charge in [-0.3, -0.25) is 4.79 Å². The predicted octanol–water partition coefficient (Wildman–Crippen LogP) is -0.0303. The van der Waals surface area contributed by atoms with E-state index in [0.717, 1.165) is 7.11 Å². The topological polar surface area (TPSA) is 65.0 Å². The van der Waals surface area contributed by atoms with Crippen LogP contribution in [0.15, 0.2) is 5.16 Å². The molecule has 0 aliphatic rings. The number of methoxy groups -OCH3 is 1. The molecule has 6 heteroatoms. The summed E-state index contributed by atoms with van der Waals surface area (Å²) in [5.74, 6) is -1.83. The third-order valence-corrected chi connectivity index (χ3v) is 1.19. The normalized spacial score (nSPS) is 10.8. The van der Waals surface area contributed by atoms with Crippen LogP contribution in [-0.4, -0.2) is 37.6 Å². The van der Waals surface area contributed by atoms with Crippen molar-refractivity contribution in [1.82, 2.24) is 0 Å². The number of carbonyl (C=O) groups is 2. The molecule has 5 nitrogen and oxygen atoms in total. The molecule has 0 saturated carbocycles. The standard InChI is InChI=1S/C6H8ClNO4/c1-11-6(10)5(8-12-2)4(9)3-7/h3H2,1-2H3. The molecule has 0 spiro atoms. The van der Waals surface area contributed by atoms with Gasteiger partial charge in [0.1, 0.15) is 7.11 Å². The molecular weight excluding hydrogens is 186 g/mol. The van der Waals surface area contributed by atoms with E-state index >= 15 is 0 Å². The zero-order valence-electron chi connectivity index (χ0n) is 6.67. The van der Waals surface area contributed by atoms with Crippen molar-refractivity contribution in [2.24, 2.45) is 5.16 Å². The highest BCUT2D eigenvalue weighted by Gasteiger charge is 2.20. The van der Waals surface area contributed by atoms with Crippen LogP contribution in [0.25, 0.3) is 0 Å². The monoisotopic (exact) mass is 193 g/mol. The molecule has 0 fully saturated rings. The first kappa shape index (κ1) is 10.9. The number of hydrogen-bond acceptors (Lipinski definition) is 5. The van der Waals surface area contributed by atoms with Crippen LogP contribution in [0.5, 0.6) is 0 Å². The van der Waals surface area contributed by atoms with Crippen LogP contribution in [0.3, 0.4) is 0 Å². The van der Waals surface area contributed by atoms with Crippen molar-refractivity contribution < 1.29 is 19.2 Å². The number of nitrogens with zero attached hydrogens (tertiary/aromatic N) is 1. The zero-order chi connectivity index (χ0) is 9.56. The second-order valence-corrected chi connectivity index (χ2v) is 1.94. The van der Waals surface area contributed by atoms with Gasteiger partial charge in [-0.05, 0) is 0 Å². The highest BCUT2D eigenvalue weighted by molar-refractivity contribution is 6.67. The molecule has 0 unspecified atom stereocenters. The summed E-state index contributed by atoms with van der Waals surface area (Å²) < 4.78 is 4.26. The lowest BCUT2D eigenvalue weighted by Gasteiger charge is -1.98. The van der Waals surface area contributed by atoms with Crippen LogP contribution < -0.4 is 0 Å². The van der Waals surface area contributed by atoms with E-state index in [1.54, 1.807) is 0 Å². The van der Waals surface area contributed by atoms with Crippen molar-refractivity contribution in [3.8, 4) is 0 Å². The average molecular weight is 194 g/mol. The summed E-state index contributed by atoms with van der Waals surface area (Å²) in [5.41, 5.74) is -0.435. The Morgan fingerprint density at radius 1 is 1.42 bits per heavy atom. The van der Waals surface area contributed by atoms with E-state index in [0.29, 0.717) is 0 Å². The Bertz CT molecular complexity index is 196. The van der Waals surface area contributed by atoms with Crippen LogP contribution in [0.2, 0.25) is 0 Å². The number of oxime groups is 1. The quantitative estimate of drug-likeness (QED) is 0.207. The Hall–Kier alpha value is -1.10. The molecule has 0 aromatic rings. The first-order chi connectivity index (χ1) is 5.67. The van der Waals surface area contributed by atoms with Gasteiger partial charge in [-0.2, -0.15) is 0 Å². The molecule has 0 atom stereocenters. The van der Waals surface area contributed by atoms with Crippen LogP contribution in [0, 0.1) is 0 Å². The molecule has 0 aromatic heterocycles. The lowest BCUT2D eigenvalue weighted by atomic mass is 10.3. The summed E-state index contributed by atoms with van der Waals surface area (Å²) in [6.07, 6.45) is 0. The summed E-state index contributed by atoms with van der Waals surface area (Å²) in [4.78, 5) is 25.9. The lowest BCUT2D eigenvalue weighted by Crippen LogP contribution is -2.26. The van der Waals surface area contributed by atoms with Crippen molar-refractivity contribution >= 4 is 29.1 Å². The smallest absolute Gasteiger partial charge is 0.363 e. The molecule has 12 heavy (non-hydrogen) atoms. The van der Waals surface area contributed by atoms with Gasteiger partial charge in [0.2, 0.25) is 11.5 Å². The molecule has 0 rings (SSSR count). The largest absolute Gasteiger partial charge is 0.464 e. The maximum atomic E-state index is 10.9. The van der Waals surface area contributed by atoms with Gasteiger partial charge >= 0.3 is 5.97 Å². The van der Waals surface area contributed by atoms with E-state index < -0.39 is 17.5 Å². The molecule has 0 aliphatic carbocycles. The number of halogens is 1. The summed E-state index contributed by atoms with van der Waals surface area (Å²) in [5, 5.41) is 3.17. The molecule has 0 bridgehead atoms. The summed E-state index contributed by atoms with van der Waals surface area (Å²) in [6, 6.07) is 0. The van der Waals surface area contributed by atoms with Gasteiger partial charge in [-0.15, -0.1) is 11.6 Å². The highest BCUT2D eigenvalue weighted by atomic mass is 35.5. The Kier molecular flexibility index (Phi) is 5.03. The van der Waals surface area contributed by atoms with Crippen molar-refractivity contribution in [2.45, 2.75) is 0 Å². The highest BCUT2D eigenvalue weighted by Crippen LogP contribution is 1.90. The van der Waals surface area contributed by atoms with E-state index in [1.807, 2.05) is 0 Å². The third-order valence-electron chi connectivity index (χ3n) is 0.947. The Morgan fingerprint density at radius 3 is 2.33 bits per heavy atom. The van der Waals surface area contributed by atoms with Crippen molar-refractivity contribution in [1.29, 1.82) is 0 Å². The second kappa shape index (κ2) is 5.54. The Balaban J connectivity index is 4.55. The molecule has 0 heterocycles. The Labute approximate surface area is 74.3 Å². The molecule has 0 aromatic carbocycles. The molecular formula is C6H8ClNO4.